The number of benzene rings is 1. The van der Waals surface area contributed by atoms with Crippen LogP contribution in [0.1, 0.15) is 25.9 Å². The molecule has 0 amide bonds. The fourth-order valence-corrected chi connectivity index (χ4v) is 2.82. The molecule has 7 heteroatoms. The Morgan fingerprint density at radius 3 is 2.67 bits per heavy atom. The van der Waals surface area contributed by atoms with E-state index in [0.717, 1.165) is 15.6 Å². The number of ether oxygens (including phenoxy) is 2. The van der Waals surface area contributed by atoms with Crippen molar-refractivity contribution in [1.82, 2.24) is 4.98 Å². The lowest BCUT2D eigenvalue weighted by Gasteiger charge is -2.13. The van der Waals surface area contributed by atoms with Gasteiger partial charge in [-0.15, -0.1) is 11.3 Å². The summed E-state index contributed by atoms with van der Waals surface area (Å²) in [6.07, 6.45) is 0. The summed E-state index contributed by atoms with van der Waals surface area (Å²) in [6.45, 7) is 4.07. The number of hydrogen-bond acceptors (Lipinski definition) is 5. The van der Waals surface area contributed by atoms with Gasteiger partial charge < -0.3 is 14.6 Å². The smallest absolute Gasteiger partial charge is 0.339 e. The summed E-state index contributed by atoms with van der Waals surface area (Å²) < 4.78 is 10.8. The Labute approximate surface area is 131 Å². The van der Waals surface area contributed by atoms with E-state index in [2.05, 4.69) is 4.98 Å². The normalized spacial score (nSPS) is 10.5. The molecule has 0 atom stereocenters. The standard InChI is InChI=1S/C14H14ClNO4S/c1-7-8(2)21-12(16-7)6-20-13-10(14(17)18)4-9(15)5-11(13)19-3/h4-5H,6H2,1-3H3,(H,17,18). The summed E-state index contributed by atoms with van der Waals surface area (Å²) in [5.41, 5.74) is 0.907. The number of nitrogens with zero attached hydrogens (tertiary/aromatic N) is 1. The zero-order valence-electron chi connectivity index (χ0n) is 11.8. The van der Waals surface area contributed by atoms with Gasteiger partial charge in [-0.1, -0.05) is 11.6 Å². The van der Waals surface area contributed by atoms with E-state index in [1.807, 2.05) is 13.8 Å². The molecule has 0 radical (unpaired) electrons. The fourth-order valence-electron chi connectivity index (χ4n) is 1.76. The average Bonchev–Trinajstić information content (AvgIpc) is 2.75. The molecule has 1 aromatic heterocycles. The Hall–Kier alpha value is -1.79. The molecule has 0 saturated heterocycles. The van der Waals surface area contributed by atoms with Crippen molar-refractivity contribution in [3.63, 3.8) is 0 Å². The van der Waals surface area contributed by atoms with Crippen molar-refractivity contribution in [3.05, 3.63) is 38.3 Å². The second-order valence-electron chi connectivity index (χ2n) is 4.33. The minimum Gasteiger partial charge on any atom is -0.493 e. The molecule has 5 nitrogen and oxygen atoms in total. The van der Waals surface area contributed by atoms with Gasteiger partial charge in [0, 0.05) is 16.0 Å². The number of carboxylic acid groups (broad SMARTS) is 1. The van der Waals surface area contributed by atoms with E-state index in [9.17, 15) is 9.90 Å². The second-order valence-corrected chi connectivity index (χ2v) is 6.05. The first-order chi connectivity index (χ1) is 9.92. The van der Waals surface area contributed by atoms with Crippen molar-refractivity contribution in [2.24, 2.45) is 0 Å². The maximum atomic E-state index is 11.3. The molecule has 112 valence electrons. The first-order valence-electron chi connectivity index (χ1n) is 6.09. The van der Waals surface area contributed by atoms with Gasteiger partial charge in [-0.05, 0) is 19.9 Å². The molecule has 1 aromatic carbocycles. The number of halogens is 1. The van der Waals surface area contributed by atoms with Crippen LogP contribution in [0.5, 0.6) is 11.5 Å². The molecular weight excluding hydrogens is 314 g/mol. The topological polar surface area (TPSA) is 68.7 Å². The van der Waals surface area contributed by atoms with Crippen molar-refractivity contribution >= 4 is 28.9 Å². The Bertz CT molecular complexity index is 664. The average molecular weight is 328 g/mol. The van der Waals surface area contributed by atoms with Crippen LogP contribution in [0, 0.1) is 13.8 Å². The van der Waals surface area contributed by atoms with Crippen LogP contribution in [0.25, 0.3) is 0 Å². The number of carboxylic acids is 1. The monoisotopic (exact) mass is 327 g/mol. The van der Waals surface area contributed by atoms with Crippen LogP contribution in [0.2, 0.25) is 5.02 Å². The van der Waals surface area contributed by atoms with Gasteiger partial charge in [-0.3, -0.25) is 0 Å². The first-order valence-corrected chi connectivity index (χ1v) is 7.28. The zero-order valence-corrected chi connectivity index (χ0v) is 13.3. The number of aromatic carboxylic acids is 1. The third kappa shape index (κ3) is 3.46. The van der Waals surface area contributed by atoms with E-state index in [1.54, 1.807) is 0 Å². The Kier molecular flexibility index (Phi) is 4.69. The van der Waals surface area contributed by atoms with Crippen molar-refractivity contribution in [2.45, 2.75) is 20.5 Å². The van der Waals surface area contributed by atoms with Gasteiger partial charge in [0.25, 0.3) is 0 Å². The van der Waals surface area contributed by atoms with Crippen molar-refractivity contribution in [3.8, 4) is 11.5 Å². The van der Waals surface area contributed by atoms with Crippen LogP contribution in [-0.2, 0) is 6.61 Å². The number of hydrogen-bond donors (Lipinski definition) is 1. The van der Waals surface area contributed by atoms with Gasteiger partial charge in [-0.2, -0.15) is 0 Å². The van der Waals surface area contributed by atoms with Crippen LogP contribution in [0.15, 0.2) is 12.1 Å². The van der Waals surface area contributed by atoms with E-state index >= 15 is 0 Å². The Balaban J connectivity index is 2.31. The minimum atomic E-state index is -1.13. The van der Waals surface area contributed by atoms with Gasteiger partial charge in [0.2, 0.25) is 0 Å². The van der Waals surface area contributed by atoms with Crippen molar-refractivity contribution < 1.29 is 19.4 Å². The van der Waals surface area contributed by atoms with Crippen LogP contribution in [0.4, 0.5) is 0 Å². The maximum Gasteiger partial charge on any atom is 0.339 e. The molecule has 0 fully saturated rings. The lowest BCUT2D eigenvalue weighted by molar-refractivity contribution is 0.0691. The number of carbonyl (C=O) groups is 1. The van der Waals surface area contributed by atoms with E-state index in [4.69, 9.17) is 21.1 Å². The highest BCUT2D eigenvalue weighted by Crippen LogP contribution is 2.35. The van der Waals surface area contributed by atoms with Crippen molar-refractivity contribution in [2.75, 3.05) is 7.11 Å². The van der Waals surface area contributed by atoms with Crippen molar-refractivity contribution in [1.29, 1.82) is 0 Å². The molecule has 2 aromatic rings. The zero-order chi connectivity index (χ0) is 15.6. The second kappa shape index (κ2) is 6.32. The maximum absolute atomic E-state index is 11.3. The molecule has 21 heavy (non-hydrogen) atoms. The van der Waals surface area contributed by atoms with Gasteiger partial charge in [0.1, 0.15) is 17.2 Å². The minimum absolute atomic E-state index is 0.0376. The number of aryl methyl sites for hydroxylation is 2. The number of thiazole rings is 1. The highest BCUT2D eigenvalue weighted by Gasteiger charge is 2.19. The molecule has 0 spiro atoms. The Morgan fingerprint density at radius 1 is 1.43 bits per heavy atom. The molecule has 0 saturated carbocycles. The number of aromatic nitrogens is 1. The van der Waals surface area contributed by atoms with E-state index < -0.39 is 5.97 Å². The molecule has 1 N–H and O–H groups in total. The number of rotatable bonds is 5. The fraction of sp³-hybridized carbons (Fsp3) is 0.286. The Morgan fingerprint density at radius 2 is 2.14 bits per heavy atom. The lowest BCUT2D eigenvalue weighted by Crippen LogP contribution is -2.05. The van der Waals surface area contributed by atoms with Crippen LogP contribution >= 0.6 is 22.9 Å². The summed E-state index contributed by atoms with van der Waals surface area (Å²) in [7, 11) is 1.43. The molecule has 0 aliphatic heterocycles. The first kappa shape index (κ1) is 15.6. The van der Waals surface area contributed by atoms with E-state index in [1.165, 1.54) is 30.6 Å². The van der Waals surface area contributed by atoms with Gasteiger partial charge in [-0.25, -0.2) is 9.78 Å². The molecule has 0 aliphatic carbocycles. The van der Waals surface area contributed by atoms with E-state index in [0.29, 0.717) is 0 Å². The van der Waals surface area contributed by atoms with Gasteiger partial charge >= 0.3 is 5.97 Å². The predicted molar refractivity (Wildman–Crippen MR) is 80.9 cm³/mol. The highest BCUT2D eigenvalue weighted by atomic mass is 35.5. The number of methoxy groups -OCH3 is 1. The van der Waals surface area contributed by atoms with Crippen LogP contribution < -0.4 is 9.47 Å². The SMILES string of the molecule is COc1cc(Cl)cc(C(=O)O)c1OCc1nc(C)c(C)s1. The van der Waals surface area contributed by atoms with Crippen LogP contribution in [0.3, 0.4) is 0 Å². The third-order valence-electron chi connectivity index (χ3n) is 2.88. The van der Waals surface area contributed by atoms with E-state index in [-0.39, 0.29) is 28.7 Å². The summed E-state index contributed by atoms with van der Waals surface area (Å²) in [5.74, 6) is -0.692. The van der Waals surface area contributed by atoms with Gasteiger partial charge in [0.05, 0.1) is 12.8 Å². The molecular formula is C14H14ClNO4S. The summed E-state index contributed by atoms with van der Waals surface area (Å²) in [4.78, 5) is 16.8. The highest BCUT2D eigenvalue weighted by molar-refractivity contribution is 7.11. The third-order valence-corrected chi connectivity index (χ3v) is 4.15. The molecule has 0 aliphatic rings. The quantitative estimate of drug-likeness (QED) is 0.906. The summed E-state index contributed by atoms with van der Waals surface area (Å²) in [6, 6.07) is 2.85. The van der Waals surface area contributed by atoms with Gasteiger partial charge in [0.15, 0.2) is 11.5 Å². The largest absolute Gasteiger partial charge is 0.493 e. The lowest BCUT2D eigenvalue weighted by atomic mass is 10.2. The molecule has 1 heterocycles. The summed E-state index contributed by atoms with van der Waals surface area (Å²) in [5, 5.41) is 10.3. The molecule has 0 bridgehead atoms. The molecule has 0 unspecified atom stereocenters. The molecule has 2 rings (SSSR count). The predicted octanol–water partition coefficient (Wildman–Crippen LogP) is 3.70. The van der Waals surface area contributed by atoms with Crippen LogP contribution in [-0.4, -0.2) is 23.2 Å². The summed E-state index contributed by atoms with van der Waals surface area (Å²) >= 11 is 7.39.